The second-order valence-corrected chi connectivity index (χ2v) is 6.86. The van der Waals surface area contributed by atoms with Crippen LogP contribution in [0.3, 0.4) is 0 Å². The van der Waals surface area contributed by atoms with E-state index in [0.717, 1.165) is 36.0 Å². The van der Waals surface area contributed by atoms with E-state index in [9.17, 15) is 0 Å². The number of hydrogen-bond acceptors (Lipinski definition) is 3. The number of guanidine groups is 1. The van der Waals surface area contributed by atoms with Crippen LogP contribution in [0.5, 0.6) is 0 Å². The number of pyridine rings is 1. The van der Waals surface area contributed by atoms with Crippen LogP contribution >= 0.6 is 24.0 Å². The third kappa shape index (κ3) is 6.85. The van der Waals surface area contributed by atoms with E-state index in [1.165, 1.54) is 5.56 Å². The molecular weight excluding hydrogens is 475 g/mol. The van der Waals surface area contributed by atoms with Gasteiger partial charge >= 0.3 is 0 Å². The Morgan fingerprint density at radius 1 is 1.10 bits per heavy atom. The molecule has 2 N–H and O–H groups in total. The zero-order valence-corrected chi connectivity index (χ0v) is 19.5. The van der Waals surface area contributed by atoms with Crippen molar-refractivity contribution >= 4 is 29.9 Å². The molecule has 1 aromatic carbocycles. The Morgan fingerprint density at radius 2 is 1.90 bits per heavy atom. The van der Waals surface area contributed by atoms with Crippen molar-refractivity contribution in [3.63, 3.8) is 0 Å². The van der Waals surface area contributed by atoms with Crippen LogP contribution in [-0.2, 0) is 13.0 Å². The number of hydrogen-bond donors (Lipinski definition) is 2. The molecule has 2 heterocycles. The van der Waals surface area contributed by atoms with E-state index in [-0.39, 0.29) is 24.0 Å². The zero-order chi connectivity index (χ0) is 19.8. The van der Waals surface area contributed by atoms with Crippen molar-refractivity contribution in [1.82, 2.24) is 25.2 Å². The summed E-state index contributed by atoms with van der Waals surface area (Å²) in [6.45, 7) is 4.81. The Bertz CT molecular complexity index is 889. The summed E-state index contributed by atoms with van der Waals surface area (Å²) in [5.41, 5.74) is 2.46. The molecule has 1 atom stereocenters. The summed E-state index contributed by atoms with van der Waals surface area (Å²) in [5, 5.41) is 6.81. The fourth-order valence-electron chi connectivity index (χ4n) is 3.00. The minimum atomic E-state index is 0. The van der Waals surface area contributed by atoms with E-state index in [4.69, 9.17) is 0 Å². The quantitative estimate of drug-likeness (QED) is 0.291. The van der Waals surface area contributed by atoms with Gasteiger partial charge < -0.3 is 10.6 Å². The predicted octanol–water partition coefficient (Wildman–Crippen LogP) is 3.88. The number of nitrogens with zero attached hydrogens (tertiary/aromatic N) is 4. The smallest absolute Gasteiger partial charge is 0.191 e. The first-order chi connectivity index (χ1) is 13.7. The van der Waals surface area contributed by atoms with Crippen molar-refractivity contribution in [2.75, 3.05) is 7.05 Å². The van der Waals surface area contributed by atoms with Crippen LogP contribution in [0.1, 0.15) is 30.3 Å². The number of rotatable bonds is 7. The molecule has 0 aliphatic carbocycles. The average Bonchev–Trinajstić information content (AvgIpc) is 3.16. The molecule has 0 amide bonds. The summed E-state index contributed by atoms with van der Waals surface area (Å²) in [6, 6.07) is 15.0. The average molecular weight is 504 g/mol. The van der Waals surface area contributed by atoms with Crippen molar-refractivity contribution in [3.8, 4) is 5.82 Å². The van der Waals surface area contributed by atoms with Crippen molar-refractivity contribution in [2.24, 2.45) is 4.99 Å². The van der Waals surface area contributed by atoms with E-state index < -0.39 is 0 Å². The highest BCUT2D eigenvalue weighted by Crippen LogP contribution is 2.08. The molecule has 0 bridgehead atoms. The van der Waals surface area contributed by atoms with Gasteiger partial charge in [-0.05, 0) is 43.9 Å². The number of aromatic nitrogens is 3. The third-order valence-corrected chi connectivity index (χ3v) is 4.66. The fourth-order valence-corrected chi connectivity index (χ4v) is 3.00. The minimum absolute atomic E-state index is 0. The lowest BCUT2D eigenvalue weighted by molar-refractivity contribution is 0.593. The molecule has 0 radical (unpaired) electrons. The Balaban J connectivity index is 0.00000300. The van der Waals surface area contributed by atoms with Gasteiger partial charge in [-0.25, -0.2) is 9.97 Å². The van der Waals surface area contributed by atoms with Crippen molar-refractivity contribution in [2.45, 2.75) is 39.3 Å². The number of nitrogens with one attached hydrogen (secondary N) is 2. The normalized spacial score (nSPS) is 12.2. The van der Waals surface area contributed by atoms with Gasteiger partial charge in [0.2, 0.25) is 0 Å². The van der Waals surface area contributed by atoms with Gasteiger partial charge in [0.15, 0.2) is 5.96 Å². The molecule has 6 nitrogen and oxygen atoms in total. The largest absolute Gasteiger partial charge is 0.354 e. The lowest BCUT2D eigenvalue weighted by atomic mass is 10.1. The molecular formula is C22H29IN6. The maximum Gasteiger partial charge on any atom is 0.191 e. The van der Waals surface area contributed by atoms with Crippen molar-refractivity contribution in [1.29, 1.82) is 0 Å². The summed E-state index contributed by atoms with van der Waals surface area (Å²) < 4.78 is 1.96. The standard InChI is InChI=1S/C22H28N6.HI/c1-17(9-10-19-7-5-4-6-8-19)27-22(23-3)26-16-20-11-12-21(25-15-20)28-14-13-24-18(28)2;/h4-8,11-15,17H,9-10,16H2,1-3H3,(H2,23,26,27);1H. The lowest BCUT2D eigenvalue weighted by Gasteiger charge is -2.18. The Labute approximate surface area is 189 Å². The van der Waals surface area contributed by atoms with E-state index in [1.807, 2.05) is 30.0 Å². The van der Waals surface area contributed by atoms with Gasteiger partial charge in [-0.1, -0.05) is 36.4 Å². The summed E-state index contributed by atoms with van der Waals surface area (Å²) in [4.78, 5) is 13.1. The number of benzene rings is 1. The third-order valence-electron chi connectivity index (χ3n) is 4.66. The van der Waals surface area contributed by atoms with Crippen LogP contribution in [0.15, 0.2) is 66.0 Å². The molecule has 7 heteroatoms. The van der Waals surface area contributed by atoms with Crippen molar-refractivity contribution < 1.29 is 0 Å². The molecule has 0 saturated heterocycles. The molecule has 1 unspecified atom stereocenters. The first-order valence-electron chi connectivity index (χ1n) is 9.62. The first kappa shape index (κ1) is 22.9. The molecule has 3 rings (SSSR count). The molecule has 154 valence electrons. The molecule has 0 spiro atoms. The Morgan fingerprint density at radius 3 is 2.52 bits per heavy atom. The summed E-state index contributed by atoms with van der Waals surface area (Å²) in [5.74, 6) is 2.60. The SMILES string of the molecule is CN=C(NCc1ccc(-n2ccnc2C)nc1)NC(C)CCc1ccccc1.I. The molecule has 29 heavy (non-hydrogen) atoms. The van der Waals surface area contributed by atoms with Gasteiger partial charge in [0, 0.05) is 38.2 Å². The molecule has 2 aromatic heterocycles. The highest BCUT2D eigenvalue weighted by atomic mass is 127. The zero-order valence-electron chi connectivity index (χ0n) is 17.2. The number of aryl methyl sites for hydroxylation is 2. The van der Waals surface area contributed by atoms with Gasteiger partial charge in [-0.15, -0.1) is 24.0 Å². The Kier molecular flexibility index (Phi) is 9.11. The van der Waals surface area contributed by atoms with Crippen LogP contribution in [0.2, 0.25) is 0 Å². The highest BCUT2D eigenvalue weighted by molar-refractivity contribution is 14.0. The molecule has 3 aromatic rings. The van der Waals surface area contributed by atoms with Gasteiger partial charge in [0.25, 0.3) is 0 Å². The summed E-state index contributed by atoms with van der Waals surface area (Å²) in [7, 11) is 1.79. The fraction of sp³-hybridized carbons (Fsp3) is 0.318. The van der Waals surface area contributed by atoms with Gasteiger partial charge in [0.1, 0.15) is 11.6 Å². The van der Waals surface area contributed by atoms with Crippen molar-refractivity contribution in [3.05, 3.63) is 78.0 Å². The molecule has 0 saturated carbocycles. The monoisotopic (exact) mass is 504 g/mol. The summed E-state index contributed by atoms with van der Waals surface area (Å²) >= 11 is 0. The Hall–Kier alpha value is -2.42. The maximum atomic E-state index is 4.53. The van der Waals surface area contributed by atoms with E-state index in [0.29, 0.717) is 12.6 Å². The molecule has 0 fully saturated rings. The molecule has 0 aliphatic heterocycles. The van der Waals surface area contributed by atoms with Crippen LogP contribution in [0, 0.1) is 6.92 Å². The molecule has 0 aliphatic rings. The predicted molar refractivity (Wildman–Crippen MR) is 129 cm³/mol. The second kappa shape index (κ2) is 11.5. The van der Waals surface area contributed by atoms with E-state index in [1.54, 1.807) is 13.2 Å². The number of halogens is 1. The topological polar surface area (TPSA) is 67.1 Å². The summed E-state index contributed by atoms with van der Waals surface area (Å²) in [6.07, 6.45) is 7.67. The highest BCUT2D eigenvalue weighted by Gasteiger charge is 2.07. The second-order valence-electron chi connectivity index (χ2n) is 6.86. The number of imidazole rings is 1. The van der Waals surface area contributed by atoms with Gasteiger partial charge in [-0.2, -0.15) is 0 Å². The lowest BCUT2D eigenvalue weighted by Crippen LogP contribution is -2.42. The van der Waals surface area contributed by atoms with Crippen LogP contribution in [-0.4, -0.2) is 33.6 Å². The minimum Gasteiger partial charge on any atom is -0.354 e. The van der Waals surface area contributed by atoms with Gasteiger partial charge in [0.05, 0.1) is 0 Å². The van der Waals surface area contributed by atoms with Gasteiger partial charge in [-0.3, -0.25) is 9.56 Å². The van der Waals surface area contributed by atoms with Crippen LogP contribution in [0.4, 0.5) is 0 Å². The maximum absolute atomic E-state index is 4.53. The van der Waals surface area contributed by atoms with Crippen LogP contribution in [0.25, 0.3) is 5.82 Å². The van der Waals surface area contributed by atoms with E-state index >= 15 is 0 Å². The first-order valence-corrected chi connectivity index (χ1v) is 9.62. The van der Waals surface area contributed by atoms with E-state index in [2.05, 4.69) is 68.9 Å². The van der Waals surface area contributed by atoms with Crippen LogP contribution < -0.4 is 10.6 Å². The number of aliphatic imine (C=N–C) groups is 1.